The van der Waals surface area contributed by atoms with Crippen LogP contribution >= 0.6 is 18.6 Å². The summed E-state index contributed by atoms with van der Waals surface area (Å²) >= 11 is -0.556. The number of hydrogen-bond acceptors (Lipinski definition) is 2. The SMILES string of the molecule is Oc1c(C=Nc2ccccc2)cccc1C1CC2CCC1C2.[Cl][Ti][Cl]. The maximum absolute atomic E-state index is 10.7. The van der Waals surface area contributed by atoms with E-state index in [1.807, 2.05) is 42.5 Å². The molecular weight excluding hydrogens is 389 g/mol. The van der Waals surface area contributed by atoms with Crippen molar-refractivity contribution in [1.29, 1.82) is 0 Å². The van der Waals surface area contributed by atoms with Crippen LogP contribution in [0.2, 0.25) is 0 Å². The van der Waals surface area contributed by atoms with E-state index < -0.39 is 17.0 Å². The van der Waals surface area contributed by atoms with Crippen molar-refractivity contribution in [1.82, 2.24) is 0 Å². The Labute approximate surface area is 166 Å². The van der Waals surface area contributed by atoms with E-state index in [0.717, 1.165) is 28.7 Å². The van der Waals surface area contributed by atoms with Gasteiger partial charge in [0.2, 0.25) is 0 Å². The van der Waals surface area contributed by atoms with Gasteiger partial charge in [0.15, 0.2) is 0 Å². The minimum absolute atomic E-state index is 0.430. The van der Waals surface area contributed by atoms with Crippen LogP contribution in [0.15, 0.2) is 53.5 Å². The van der Waals surface area contributed by atoms with E-state index >= 15 is 0 Å². The summed E-state index contributed by atoms with van der Waals surface area (Å²) < 4.78 is 0. The van der Waals surface area contributed by atoms with Gasteiger partial charge in [0.1, 0.15) is 5.75 Å². The average molecular weight is 410 g/mol. The second-order valence-electron chi connectivity index (χ2n) is 6.73. The molecule has 0 heterocycles. The number of hydrogen-bond donors (Lipinski definition) is 1. The number of phenolic OH excluding ortho intramolecular Hbond substituents is 1. The van der Waals surface area contributed by atoms with Crippen LogP contribution in [0.25, 0.3) is 0 Å². The molecule has 2 aromatic rings. The number of aromatic hydroxyl groups is 1. The molecule has 0 spiro atoms. The second kappa shape index (κ2) is 9.23. The van der Waals surface area contributed by atoms with E-state index in [0.29, 0.717) is 11.7 Å². The molecule has 3 atom stereocenters. The summed E-state index contributed by atoms with van der Waals surface area (Å²) in [7, 11) is 9.78. The molecule has 2 saturated carbocycles. The predicted octanol–water partition coefficient (Wildman–Crippen LogP) is 6.42. The molecule has 0 radical (unpaired) electrons. The fourth-order valence-corrected chi connectivity index (χ4v) is 4.27. The van der Waals surface area contributed by atoms with Gasteiger partial charge < -0.3 is 5.11 Å². The molecule has 3 unspecified atom stereocenters. The monoisotopic (exact) mass is 409 g/mol. The molecule has 2 bridgehead atoms. The van der Waals surface area contributed by atoms with Gasteiger partial charge in [0, 0.05) is 11.8 Å². The Morgan fingerprint density at radius 2 is 1.76 bits per heavy atom. The Morgan fingerprint density at radius 1 is 1.00 bits per heavy atom. The number of benzene rings is 2. The van der Waals surface area contributed by atoms with Gasteiger partial charge in [-0.2, -0.15) is 0 Å². The second-order valence-corrected chi connectivity index (χ2v) is 9.31. The number of fused-ring (bicyclic) bond motifs is 2. The van der Waals surface area contributed by atoms with E-state index in [2.05, 4.69) is 11.1 Å². The number of para-hydroxylation sites is 2. The molecule has 0 amide bonds. The first-order chi connectivity index (χ1) is 12.2. The summed E-state index contributed by atoms with van der Waals surface area (Å²) in [5.41, 5.74) is 2.86. The summed E-state index contributed by atoms with van der Waals surface area (Å²) in [4.78, 5) is 4.47. The molecule has 130 valence electrons. The molecule has 2 aliphatic carbocycles. The zero-order chi connectivity index (χ0) is 17.6. The Balaban J connectivity index is 0.000000569. The van der Waals surface area contributed by atoms with Crippen molar-refractivity contribution in [3.8, 4) is 5.75 Å². The Hall–Kier alpha value is -0.796. The summed E-state index contributed by atoms with van der Waals surface area (Å²) in [5, 5.41) is 10.7. The number of halogens is 2. The molecule has 4 rings (SSSR count). The van der Waals surface area contributed by atoms with Crippen molar-refractivity contribution in [2.45, 2.75) is 31.6 Å². The molecule has 2 fully saturated rings. The Kier molecular flexibility index (Phi) is 7.01. The maximum atomic E-state index is 10.7. The van der Waals surface area contributed by atoms with Crippen molar-refractivity contribution in [3.05, 3.63) is 59.7 Å². The topological polar surface area (TPSA) is 32.6 Å². The van der Waals surface area contributed by atoms with E-state index in [9.17, 15) is 5.11 Å². The Morgan fingerprint density at radius 3 is 2.40 bits per heavy atom. The molecule has 25 heavy (non-hydrogen) atoms. The van der Waals surface area contributed by atoms with Gasteiger partial charge in [0.05, 0.1) is 5.69 Å². The molecule has 0 aliphatic heterocycles. The van der Waals surface area contributed by atoms with Crippen molar-refractivity contribution in [3.63, 3.8) is 0 Å². The van der Waals surface area contributed by atoms with Crippen LogP contribution in [-0.2, 0) is 17.0 Å². The zero-order valence-corrected chi connectivity index (χ0v) is 17.0. The van der Waals surface area contributed by atoms with Crippen LogP contribution in [0.3, 0.4) is 0 Å². The summed E-state index contributed by atoms with van der Waals surface area (Å²) in [6, 6.07) is 15.9. The zero-order valence-electron chi connectivity index (χ0n) is 13.9. The molecule has 5 heteroatoms. The van der Waals surface area contributed by atoms with Crippen LogP contribution in [-0.4, -0.2) is 11.3 Å². The number of nitrogens with zero attached hydrogens (tertiary/aromatic N) is 1. The van der Waals surface area contributed by atoms with Gasteiger partial charge in [-0.05, 0) is 60.8 Å². The quantitative estimate of drug-likeness (QED) is 0.460. The molecule has 2 nitrogen and oxygen atoms in total. The third-order valence-electron chi connectivity index (χ3n) is 5.34. The van der Waals surface area contributed by atoms with Crippen LogP contribution < -0.4 is 0 Å². The molecular formula is C20H21Cl2NOTi. The van der Waals surface area contributed by atoms with Gasteiger partial charge in [0.25, 0.3) is 0 Å². The van der Waals surface area contributed by atoms with E-state index in [1.165, 1.54) is 25.7 Å². The summed E-state index contributed by atoms with van der Waals surface area (Å²) in [6.45, 7) is 0. The van der Waals surface area contributed by atoms with Crippen LogP contribution in [0.5, 0.6) is 5.75 Å². The fraction of sp³-hybridized carbons (Fsp3) is 0.350. The third kappa shape index (κ3) is 4.68. The first-order valence-corrected chi connectivity index (χ1v) is 12.9. The molecule has 1 N–H and O–H groups in total. The van der Waals surface area contributed by atoms with Gasteiger partial charge in [-0.25, -0.2) is 0 Å². The molecule has 0 saturated heterocycles. The fourth-order valence-electron chi connectivity index (χ4n) is 4.27. The number of phenols is 1. The molecule has 0 aromatic heterocycles. The van der Waals surface area contributed by atoms with Gasteiger partial charge in [-0.1, -0.05) is 36.8 Å². The molecule has 2 aliphatic rings. The van der Waals surface area contributed by atoms with Crippen molar-refractivity contribution < 1.29 is 22.1 Å². The van der Waals surface area contributed by atoms with Gasteiger partial charge >= 0.3 is 35.6 Å². The number of rotatable bonds is 3. The van der Waals surface area contributed by atoms with E-state index in [-0.39, 0.29) is 0 Å². The first-order valence-electron chi connectivity index (χ1n) is 8.60. The van der Waals surface area contributed by atoms with Crippen LogP contribution in [0, 0.1) is 11.8 Å². The molecule has 2 aromatic carbocycles. The minimum atomic E-state index is -0.556. The predicted molar refractivity (Wildman–Crippen MR) is 102 cm³/mol. The van der Waals surface area contributed by atoms with Crippen molar-refractivity contribution in [2.24, 2.45) is 16.8 Å². The number of aliphatic imine (C=N–C) groups is 1. The van der Waals surface area contributed by atoms with Crippen molar-refractivity contribution in [2.75, 3.05) is 0 Å². The van der Waals surface area contributed by atoms with Crippen molar-refractivity contribution >= 4 is 30.5 Å². The summed E-state index contributed by atoms with van der Waals surface area (Å²) in [6.07, 6.45) is 7.10. The van der Waals surface area contributed by atoms with Gasteiger partial charge in [-0.15, -0.1) is 0 Å². The summed E-state index contributed by atoms with van der Waals surface area (Å²) in [5.74, 6) is 2.64. The first kappa shape index (κ1) is 19.0. The van der Waals surface area contributed by atoms with Crippen LogP contribution in [0.4, 0.5) is 5.69 Å². The standard InChI is InChI=1S/C20H21NO.2ClH.Ti/c22-20-16(13-21-17-6-2-1-3-7-17)5-4-8-18(20)19-12-14-9-10-15(19)11-14;;;/h1-8,13-15,19,22H,9-12H2;2*1H;/q;;;+2/p-2. The average Bonchev–Trinajstić information content (AvgIpc) is 3.26. The normalized spacial score (nSPS) is 24.2. The van der Waals surface area contributed by atoms with E-state index in [4.69, 9.17) is 18.6 Å². The van der Waals surface area contributed by atoms with Gasteiger partial charge in [-0.3, -0.25) is 4.99 Å². The van der Waals surface area contributed by atoms with E-state index in [1.54, 1.807) is 6.21 Å². The third-order valence-corrected chi connectivity index (χ3v) is 5.34. The van der Waals surface area contributed by atoms with Crippen LogP contribution in [0.1, 0.15) is 42.7 Å². The Bertz CT molecular complexity index is 723.